The summed E-state index contributed by atoms with van der Waals surface area (Å²) in [6.45, 7) is 0.170. The van der Waals surface area contributed by atoms with Crippen molar-refractivity contribution in [3.8, 4) is 11.5 Å². The lowest BCUT2D eigenvalue weighted by Gasteiger charge is -2.10. The molecule has 0 amide bonds. The lowest BCUT2D eigenvalue weighted by atomic mass is 10.2. The zero-order valence-corrected chi connectivity index (χ0v) is 11.2. The summed E-state index contributed by atoms with van der Waals surface area (Å²) in [6, 6.07) is 5.93. The van der Waals surface area contributed by atoms with Gasteiger partial charge in [0.15, 0.2) is 23.2 Å². The van der Waals surface area contributed by atoms with Crippen LogP contribution in [0.4, 0.5) is 13.2 Å². The Morgan fingerprint density at radius 2 is 1.79 bits per heavy atom. The van der Waals surface area contributed by atoms with Gasteiger partial charge in [0.1, 0.15) is 5.75 Å². The number of ether oxygens (including phenoxy) is 1. The van der Waals surface area contributed by atoms with E-state index in [1.807, 2.05) is 0 Å². The van der Waals surface area contributed by atoms with Crippen molar-refractivity contribution in [2.24, 2.45) is 5.73 Å². The van der Waals surface area contributed by atoms with Crippen LogP contribution in [0, 0.1) is 17.5 Å². The topological polar surface area (TPSA) is 35.2 Å². The van der Waals surface area contributed by atoms with Gasteiger partial charge in [-0.15, -0.1) is 0 Å². The molecule has 2 aromatic rings. The van der Waals surface area contributed by atoms with Crippen molar-refractivity contribution in [1.29, 1.82) is 0 Å². The van der Waals surface area contributed by atoms with Gasteiger partial charge in [-0.3, -0.25) is 0 Å². The minimum Gasteiger partial charge on any atom is -0.454 e. The molecular formula is C13H9BrF3NO. The fourth-order valence-electron chi connectivity index (χ4n) is 1.48. The van der Waals surface area contributed by atoms with Crippen LogP contribution < -0.4 is 10.5 Å². The third-order valence-corrected chi connectivity index (χ3v) is 3.32. The Morgan fingerprint density at radius 1 is 1.05 bits per heavy atom. The van der Waals surface area contributed by atoms with Crippen LogP contribution in [-0.2, 0) is 6.54 Å². The normalized spacial score (nSPS) is 10.6. The Morgan fingerprint density at radius 3 is 2.42 bits per heavy atom. The molecule has 0 bridgehead atoms. The van der Waals surface area contributed by atoms with Crippen LogP contribution in [0.15, 0.2) is 34.8 Å². The first-order chi connectivity index (χ1) is 9.02. The summed E-state index contributed by atoms with van der Waals surface area (Å²) in [4.78, 5) is 0. The van der Waals surface area contributed by atoms with Crippen LogP contribution in [0.5, 0.6) is 11.5 Å². The molecule has 19 heavy (non-hydrogen) atoms. The average Bonchev–Trinajstić information content (AvgIpc) is 2.40. The molecule has 0 aliphatic rings. The van der Waals surface area contributed by atoms with Crippen LogP contribution in [0.1, 0.15) is 5.56 Å². The fraction of sp³-hybridized carbons (Fsp3) is 0.0769. The minimum absolute atomic E-state index is 0.00481. The van der Waals surface area contributed by atoms with Crippen molar-refractivity contribution in [2.45, 2.75) is 6.54 Å². The average molecular weight is 332 g/mol. The standard InChI is InChI=1S/C13H9BrF3NO/c14-12-7(6-18)1-4-11(13(12)17)19-8-2-3-9(15)10(16)5-8/h1-5H,6,18H2. The van der Waals surface area contributed by atoms with Gasteiger partial charge in [-0.25, -0.2) is 13.2 Å². The van der Waals surface area contributed by atoms with Crippen molar-refractivity contribution in [3.05, 3.63) is 57.8 Å². The molecular weight excluding hydrogens is 323 g/mol. The molecule has 0 spiro atoms. The third-order valence-electron chi connectivity index (χ3n) is 2.47. The Kier molecular flexibility index (Phi) is 4.11. The van der Waals surface area contributed by atoms with Crippen LogP contribution in [0.25, 0.3) is 0 Å². The summed E-state index contributed by atoms with van der Waals surface area (Å²) in [5, 5.41) is 0. The molecule has 100 valence electrons. The van der Waals surface area contributed by atoms with E-state index in [2.05, 4.69) is 15.9 Å². The first-order valence-corrected chi connectivity index (χ1v) is 6.12. The maximum atomic E-state index is 13.9. The maximum Gasteiger partial charge on any atom is 0.180 e. The molecule has 0 saturated carbocycles. The molecule has 2 aromatic carbocycles. The van der Waals surface area contributed by atoms with Gasteiger partial charge in [-0.2, -0.15) is 0 Å². The number of nitrogens with two attached hydrogens (primary N) is 1. The highest BCUT2D eigenvalue weighted by Gasteiger charge is 2.13. The van der Waals surface area contributed by atoms with Crippen LogP contribution in [0.2, 0.25) is 0 Å². The molecule has 0 aromatic heterocycles. The van der Waals surface area contributed by atoms with Gasteiger partial charge in [0.2, 0.25) is 0 Å². The Hall–Kier alpha value is -1.53. The van der Waals surface area contributed by atoms with E-state index in [1.54, 1.807) is 6.07 Å². The molecule has 2 N–H and O–H groups in total. The summed E-state index contributed by atoms with van der Waals surface area (Å²) in [5.74, 6) is -2.80. The van der Waals surface area contributed by atoms with Gasteiger partial charge < -0.3 is 10.5 Å². The Balaban J connectivity index is 2.33. The Labute approximate surface area is 116 Å². The zero-order chi connectivity index (χ0) is 14.0. The molecule has 0 heterocycles. The Bertz CT molecular complexity index is 619. The SMILES string of the molecule is NCc1ccc(Oc2ccc(F)c(F)c2)c(F)c1Br. The van der Waals surface area contributed by atoms with E-state index in [0.717, 1.165) is 12.1 Å². The predicted molar refractivity (Wildman–Crippen MR) is 68.4 cm³/mol. The van der Waals surface area contributed by atoms with Crippen molar-refractivity contribution in [1.82, 2.24) is 0 Å². The molecule has 6 heteroatoms. The lowest BCUT2D eigenvalue weighted by Crippen LogP contribution is -2.00. The summed E-state index contributed by atoms with van der Waals surface area (Å²) >= 11 is 3.06. The van der Waals surface area contributed by atoms with Crippen molar-refractivity contribution in [2.75, 3.05) is 0 Å². The summed E-state index contributed by atoms with van der Waals surface area (Å²) in [7, 11) is 0. The van der Waals surface area contributed by atoms with Crippen molar-refractivity contribution < 1.29 is 17.9 Å². The molecule has 2 rings (SSSR count). The summed E-state index contributed by atoms with van der Waals surface area (Å²) in [6.07, 6.45) is 0. The van der Waals surface area contributed by atoms with E-state index in [-0.39, 0.29) is 22.5 Å². The monoisotopic (exact) mass is 331 g/mol. The second-order valence-electron chi connectivity index (χ2n) is 3.73. The first-order valence-electron chi connectivity index (χ1n) is 5.32. The number of rotatable bonds is 3. The third kappa shape index (κ3) is 2.90. The first kappa shape index (κ1) is 13.9. The fourth-order valence-corrected chi connectivity index (χ4v) is 1.96. The van der Waals surface area contributed by atoms with Gasteiger partial charge in [0.25, 0.3) is 0 Å². The van der Waals surface area contributed by atoms with E-state index >= 15 is 0 Å². The van der Waals surface area contributed by atoms with Gasteiger partial charge >= 0.3 is 0 Å². The van der Waals surface area contributed by atoms with Crippen molar-refractivity contribution >= 4 is 15.9 Å². The van der Waals surface area contributed by atoms with E-state index in [9.17, 15) is 13.2 Å². The smallest absolute Gasteiger partial charge is 0.180 e. The second kappa shape index (κ2) is 5.63. The van der Waals surface area contributed by atoms with Gasteiger partial charge in [-0.05, 0) is 39.7 Å². The molecule has 0 saturated heterocycles. The van der Waals surface area contributed by atoms with Crippen LogP contribution in [0.3, 0.4) is 0 Å². The zero-order valence-electron chi connectivity index (χ0n) is 9.59. The van der Waals surface area contributed by atoms with Crippen LogP contribution in [-0.4, -0.2) is 0 Å². The molecule has 0 aliphatic heterocycles. The number of benzene rings is 2. The molecule has 0 aliphatic carbocycles. The highest BCUT2D eigenvalue weighted by atomic mass is 79.9. The maximum absolute atomic E-state index is 13.9. The summed E-state index contributed by atoms with van der Waals surface area (Å²) in [5.41, 5.74) is 6.01. The number of hydrogen-bond acceptors (Lipinski definition) is 2. The van der Waals surface area contributed by atoms with E-state index in [1.165, 1.54) is 12.1 Å². The molecule has 0 fully saturated rings. The molecule has 2 nitrogen and oxygen atoms in total. The number of hydrogen-bond donors (Lipinski definition) is 1. The van der Waals surface area contributed by atoms with Crippen molar-refractivity contribution in [3.63, 3.8) is 0 Å². The van der Waals surface area contributed by atoms with Gasteiger partial charge in [0.05, 0.1) is 4.47 Å². The number of halogens is 4. The van der Waals surface area contributed by atoms with Crippen LogP contribution >= 0.6 is 15.9 Å². The quantitative estimate of drug-likeness (QED) is 0.918. The largest absolute Gasteiger partial charge is 0.454 e. The lowest BCUT2D eigenvalue weighted by molar-refractivity contribution is 0.430. The molecule has 0 radical (unpaired) electrons. The van der Waals surface area contributed by atoms with E-state index < -0.39 is 17.5 Å². The predicted octanol–water partition coefficient (Wildman–Crippen LogP) is 4.12. The second-order valence-corrected chi connectivity index (χ2v) is 4.53. The highest BCUT2D eigenvalue weighted by molar-refractivity contribution is 9.10. The van der Waals surface area contributed by atoms with E-state index in [4.69, 9.17) is 10.5 Å². The summed E-state index contributed by atoms with van der Waals surface area (Å²) < 4.78 is 45.0. The molecule has 0 atom stereocenters. The minimum atomic E-state index is -1.06. The van der Waals surface area contributed by atoms with Gasteiger partial charge in [-0.1, -0.05) is 6.07 Å². The van der Waals surface area contributed by atoms with E-state index in [0.29, 0.717) is 5.56 Å². The highest BCUT2D eigenvalue weighted by Crippen LogP contribution is 2.32. The molecule has 0 unspecified atom stereocenters. The van der Waals surface area contributed by atoms with Gasteiger partial charge in [0, 0.05) is 12.6 Å².